The van der Waals surface area contributed by atoms with Gasteiger partial charge in [0.05, 0.1) is 5.60 Å². The Labute approximate surface area is 121 Å². The van der Waals surface area contributed by atoms with Crippen LogP contribution in [0.3, 0.4) is 0 Å². The van der Waals surface area contributed by atoms with Gasteiger partial charge in [0.2, 0.25) is 5.79 Å². The van der Waals surface area contributed by atoms with Crippen molar-refractivity contribution >= 4 is 6.16 Å². The van der Waals surface area contributed by atoms with Crippen LogP contribution in [0.15, 0.2) is 0 Å². The number of hydrogen-bond acceptors (Lipinski definition) is 4. The Morgan fingerprint density at radius 2 is 1.60 bits per heavy atom. The Balaban J connectivity index is 2.70. The molecule has 0 atom stereocenters. The quantitative estimate of drug-likeness (QED) is 0.362. The molecule has 0 aromatic heterocycles. The maximum atomic E-state index is 10.9. The molecule has 1 fully saturated rings. The van der Waals surface area contributed by atoms with Crippen LogP contribution >= 0.6 is 0 Å². The molecule has 0 amide bonds. The second-order valence-electron chi connectivity index (χ2n) is 7.70. The molecule has 5 heteroatoms. The standard InChI is InChI=1S/C15H28O5/c1-13(2,3)11-7-9-15(10-8-11,18-12(16)17)20-19-14(4,5)6/h11H,7-10H2,1-6H3,(H,16,17). The molecular weight excluding hydrogens is 260 g/mol. The van der Waals surface area contributed by atoms with Crippen molar-refractivity contribution < 1.29 is 24.4 Å². The second-order valence-corrected chi connectivity index (χ2v) is 7.70. The normalized spacial score (nSPS) is 28.2. The monoisotopic (exact) mass is 288 g/mol. The van der Waals surface area contributed by atoms with E-state index in [0.29, 0.717) is 18.8 Å². The lowest BCUT2D eigenvalue weighted by atomic mass is 9.71. The van der Waals surface area contributed by atoms with Crippen LogP contribution in [0.2, 0.25) is 0 Å². The molecule has 1 N–H and O–H groups in total. The van der Waals surface area contributed by atoms with E-state index in [1.165, 1.54) is 0 Å². The van der Waals surface area contributed by atoms with Gasteiger partial charge in [0, 0.05) is 12.8 Å². The summed E-state index contributed by atoms with van der Waals surface area (Å²) < 4.78 is 5.00. The molecule has 0 unspecified atom stereocenters. The van der Waals surface area contributed by atoms with Crippen LogP contribution < -0.4 is 0 Å². The highest BCUT2D eigenvalue weighted by Crippen LogP contribution is 2.43. The van der Waals surface area contributed by atoms with Crippen molar-refractivity contribution in [1.82, 2.24) is 0 Å². The molecule has 1 aliphatic carbocycles. The summed E-state index contributed by atoms with van der Waals surface area (Å²) in [5.74, 6) is -0.632. The van der Waals surface area contributed by atoms with E-state index in [0.717, 1.165) is 12.8 Å². The van der Waals surface area contributed by atoms with E-state index in [-0.39, 0.29) is 5.41 Å². The fourth-order valence-corrected chi connectivity index (χ4v) is 2.49. The summed E-state index contributed by atoms with van der Waals surface area (Å²) in [7, 11) is 0. The van der Waals surface area contributed by atoms with Crippen molar-refractivity contribution in [3.63, 3.8) is 0 Å². The minimum absolute atomic E-state index is 0.209. The molecule has 1 saturated carbocycles. The Hall–Kier alpha value is -0.810. The van der Waals surface area contributed by atoms with E-state index >= 15 is 0 Å². The molecule has 0 radical (unpaired) electrons. The topological polar surface area (TPSA) is 65.0 Å². The van der Waals surface area contributed by atoms with Crippen molar-refractivity contribution in [2.75, 3.05) is 0 Å². The molecule has 1 aliphatic rings. The molecule has 0 saturated heterocycles. The molecule has 5 nitrogen and oxygen atoms in total. The number of rotatable bonds is 3. The maximum absolute atomic E-state index is 10.9. The summed E-state index contributed by atoms with van der Waals surface area (Å²) in [6, 6.07) is 0. The third kappa shape index (κ3) is 5.29. The highest BCUT2D eigenvalue weighted by Gasteiger charge is 2.44. The summed E-state index contributed by atoms with van der Waals surface area (Å²) >= 11 is 0. The Morgan fingerprint density at radius 3 is 1.95 bits per heavy atom. The Morgan fingerprint density at radius 1 is 1.10 bits per heavy atom. The minimum Gasteiger partial charge on any atom is -0.450 e. The summed E-state index contributed by atoms with van der Waals surface area (Å²) in [4.78, 5) is 21.6. The highest BCUT2D eigenvalue weighted by molar-refractivity contribution is 5.57. The Kier molecular flexibility index (Phi) is 5.08. The van der Waals surface area contributed by atoms with E-state index in [2.05, 4.69) is 20.8 Å². The summed E-state index contributed by atoms with van der Waals surface area (Å²) in [5, 5.41) is 8.93. The third-order valence-corrected chi connectivity index (χ3v) is 3.69. The zero-order chi connectivity index (χ0) is 15.6. The molecule has 20 heavy (non-hydrogen) atoms. The van der Waals surface area contributed by atoms with Crippen molar-refractivity contribution in [1.29, 1.82) is 0 Å². The van der Waals surface area contributed by atoms with Gasteiger partial charge in [-0.2, -0.15) is 4.89 Å². The first kappa shape index (κ1) is 17.2. The zero-order valence-corrected chi connectivity index (χ0v) is 13.5. The fraction of sp³-hybridized carbons (Fsp3) is 0.933. The SMILES string of the molecule is CC(C)(C)OOC1(OC(=O)O)CCC(C(C)(C)C)CC1. The number of ether oxygens (including phenoxy) is 1. The molecular formula is C15H28O5. The second kappa shape index (κ2) is 5.90. The predicted octanol–water partition coefficient (Wildman–Crippen LogP) is 4.36. The van der Waals surface area contributed by atoms with E-state index in [4.69, 9.17) is 19.6 Å². The fourth-order valence-electron chi connectivity index (χ4n) is 2.49. The predicted molar refractivity (Wildman–Crippen MR) is 75.2 cm³/mol. The van der Waals surface area contributed by atoms with Gasteiger partial charge in [0.1, 0.15) is 0 Å². The maximum Gasteiger partial charge on any atom is 0.508 e. The molecule has 0 aromatic rings. The van der Waals surface area contributed by atoms with Gasteiger partial charge in [0.25, 0.3) is 0 Å². The summed E-state index contributed by atoms with van der Waals surface area (Å²) in [6.07, 6.45) is 1.46. The van der Waals surface area contributed by atoms with Crippen LogP contribution in [-0.2, 0) is 14.5 Å². The molecule has 0 spiro atoms. The van der Waals surface area contributed by atoms with Crippen LogP contribution in [0.4, 0.5) is 4.79 Å². The third-order valence-electron chi connectivity index (χ3n) is 3.69. The van der Waals surface area contributed by atoms with Gasteiger partial charge in [-0.05, 0) is 44.9 Å². The molecule has 0 aliphatic heterocycles. The van der Waals surface area contributed by atoms with Crippen molar-refractivity contribution in [2.45, 2.75) is 78.6 Å². The first-order chi connectivity index (χ1) is 8.94. The minimum atomic E-state index is -1.32. The van der Waals surface area contributed by atoms with E-state index in [1.807, 2.05) is 20.8 Å². The van der Waals surface area contributed by atoms with Crippen LogP contribution in [0.5, 0.6) is 0 Å². The van der Waals surface area contributed by atoms with Gasteiger partial charge in [-0.15, -0.1) is 0 Å². The van der Waals surface area contributed by atoms with Gasteiger partial charge >= 0.3 is 6.16 Å². The number of carbonyl (C=O) groups is 1. The van der Waals surface area contributed by atoms with Crippen LogP contribution in [-0.4, -0.2) is 22.7 Å². The van der Waals surface area contributed by atoms with Crippen molar-refractivity contribution in [3.8, 4) is 0 Å². The zero-order valence-electron chi connectivity index (χ0n) is 13.5. The highest BCUT2D eigenvalue weighted by atomic mass is 17.2. The lowest BCUT2D eigenvalue weighted by molar-refractivity contribution is -0.457. The molecule has 0 bridgehead atoms. The van der Waals surface area contributed by atoms with Gasteiger partial charge in [-0.25, -0.2) is 9.68 Å². The lowest BCUT2D eigenvalue weighted by Gasteiger charge is -2.42. The summed E-state index contributed by atoms with van der Waals surface area (Å²) in [5.41, 5.74) is -0.296. The Bertz CT molecular complexity index is 329. The van der Waals surface area contributed by atoms with Crippen LogP contribution in [0, 0.1) is 11.3 Å². The van der Waals surface area contributed by atoms with Crippen molar-refractivity contribution in [2.24, 2.45) is 11.3 Å². The van der Waals surface area contributed by atoms with Gasteiger partial charge < -0.3 is 9.84 Å². The van der Waals surface area contributed by atoms with Gasteiger partial charge in [0.15, 0.2) is 0 Å². The summed E-state index contributed by atoms with van der Waals surface area (Å²) in [6.45, 7) is 12.2. The first-order valence-electron chi connectivity index (χ1n) is 7.22. The lowest BCUT2D eigenvalue weighted by Crippen LogP contribution is -2.44. The largest absolute Gasteiger partial charge is 0.508 e. The van der Waals surface area contributed by atoms with Gasteiger partial charge in [-0.1, -0.05) is 20.8 Å². The average Bonchev–Trinajstić information content (AvgIpc) is 2.24. The van der Waals surface area contributed by atoms with Crippen LogP contribution in [0.1, 0.15) is 67.2 Å². The average molecular weight is 288 g/mol. The van der Waals surface area contributed by atoms with E-state index in [9.17, 15) is 4.79 Å². The smallest absolute Gasteiger partial charge is 0.450 e. The van der Waals surface area contributed by atoms with E-state index in [1.54, 1.807) is 0 Å². The van der Waals surface area contributed by atoms with Gasteiger partial charge in [-0.3, -0.25) is 0 Å². The van der Waals surface area contributed by atoms with E-state index < -0.39 is 17.5 Å². The molecule has 118 valence electrons. The first-order valence-corrected chi connectivity index (χ1v) is 7.22. The molecule has 1 rings (SSSR count). The number of hydrogen-bond donors (Lipinski definition) is 1. The molecule has 0 aromatic carbocycles. The number of carboxylic acid groups (broad SMARTS) is 1. The van der Waals surface area contributed by atoms with Crippen molar-refractivity contribution in [3.05, 3.63) is 0 Å². The van der Waals surface area contributed by atoms with Crippen LogP contribution in [0.25, 0.3) is 0 Å². The molecule has 0 heterocycles.